The van der Waals surface area contributed by atoms with Crippen LogP contribution < -0.4 is 15.4 Å². The topological polar surface area (TPSA) is 104 Å². The number of benzene rings is 3. The predicted octanol–water partition coefficient (Wildman–Crippen LogP) is 4.78. The molecule has 0 heterocycles. The first kappa shape index (κ1) is 23.9. The van der Waals surface area contributed by atoms with Crippen molar-refractivity contribution in [2.24, 2.45) is 5.92 Å². The molecule has 0 aliphatic heterocycles. The van der Waals surface area contributed by atoms with Gasteiger partial charge in [-0.25, -0.2) is 12.8 Å². The first-order valence-electron chi connectivity index (χ1n) is 10.2. The number of halogens is 1. The monoisotopic (exact) mass is 469 g/mol. The Hall–Kier alpha value is -3.72. The molecule has 9 heteroatoms. The maximum Gasteiger partial charge on any atom is 0.262 e. The Morgan fingerprint density at radius 2 is 1.48 bits per heavy atom. The average Bonchev–Trinajstić information content (AvgIpc) is 2.76. The Labute approximate surface area is 192 Å². The van der Waals surface area contributed by atoms with Crippen LogP contribution in [0.4, 0.5) is 21.5 Å². The first-order chi connectivity index (χ1) is 15.6. The molecule has 7 nitrogen and oxygen atoms in total. The third-order valence-electron chi connectivity index (χ3n) is 4.82. The van der Waals surface area contributed by atoms with E-state index in [0.29, 0.717) is 16.9 Å². The number of sulfonamides is 1. The molecule has 33 heavy (non-hydrogen) atoms. The lowest BCUT2D eigenvalue weighted by Crippen LogP contribution is -2.18. The number of para-hydroxylation sites is 1. The number of hydrogen-bond acceptors (Lipinski definition) is 4. The van der Waals surface area contributed by atoms with Crippen molar-refractivity contribution < 1.29 is 22.4 Å². The largest absolute Gasteiger partial charge is 0.326 e. The van der Waals surface area contributed by atoms with E-state index < -0.39 is 21.7 Å². The maximum absolute atomic E-state index is 13.9. The lowest BCUT2D eigenvalue weighted by molar-refractivity contribution is -0.118. The number of amides is 2. The van der Waals surface area contributed by atoms with Gasteiger partial charge >= 0.3 is 0 Å². The van der Waals surface area contributed by atoms with Gasteiger partial charge in [0.1, 0.15) is 5.82 Å². The number of hydrogen-bond donors (Lipinski definition) is 3. The second-order valence-corrected chi connectivity index (χ2v) is 9.42. The van der Waals surface area contributed by atoms with Gasteiger partial charge < -0.3 is 10.6 Å². The quantitative estimate of drug-likeness (QED) is 0.463. The van der Waals surface area contributed by atoms with Crippen LogP contribution in [0.5, 0.6) is 0 Å². The van der Waals surface area contributed by atoms with E-state index in [2.05, 4.69) is 15.4 Å². The molecule has 0 unspecified atom stereocenters. The van der Waals surface area contributed by atoms with Gasteiger partial charge in [0.25, 0.3) is 15.9 Å². The van der Waals surface area contributed by atoms with Crippen molar-refractivity contribution in [1.29, 1.82) is 0 Å². The maximum atomic E-state index is 13.9. The molecule has 3 aromatic rings. The highest BCUT2D eigenvalue weighted by molar-refractivity contribution is 7.92. The SMILES string of the molecule is Cc1ccc(S(=O)(=O)Nc2ccccc2F)cc1C(=O)Nc1ccc(NC(=O)C(C)C)cc1. The molecule has 0 saturated carbocycles. The molecule has 0 aliphatic carbocycles. The Bertz CT molecular complexity index is 1290. The minimum absolute atomic E-state index is 0.121. The summed E-state index contributed by atoms with van der Waals surface area (Å²) in [6.45, 7) is 5.25. The molecule has 0 fully saturated rings. The number of carbonyl (C=O) groups is 2. The summed E-state index contributed by atoms with van der Waals surface area (Å²) in [5, 5.41) is 5.47. The van der Waals surface area contributed by atoms with Gasteiger partial charge in [-0.1, -0.05) is 32.0 Å². The number of nitrogens with one attached hydrogen (secondary N) is 3. The Morgan fingerprint density at radius 1 is 0.879 bits per heavy atom. The summed E-state index contributed by atoms with van der Waals surface area (Å²) in [7, 11) is -4.12. The van der Waals surface area contributed by atoms with Gasteiger partial charge in [-0.15, -0.1) is 0 Å². The standard InChI is InChI=1S/C24H24FN3O4S/c1-15(2)23(29)26-17-9-11-18(12-10-17)27-24(30)20-14-19(13-8-16(20)3)33(31,32)28-22-7-5-4-6-21(22)25/h4-15,28H,1-3H3,(H,26,29)(H,27,30). The molecule has 0 radical (unpaired) electrons. The van der Waals surface area contributed by atoms with Crippen LogP contribution >= 0.6 is 0 Å². The summed E-state index contributed by atoms with van der Waals surface area (Å²) >= 11 is 0. The van der Waals surface area contributed by atoms with E-state index in [-0.39, 0.29) is 28.0 Å². The molecule has 3 rings (SSSR count). The minimum Gasteiger partial charge on any atom is -0.326 e. The van der Waals surface area contributed by atoms with Crippen molar-refractivity contribution >= 4 is 38.9 Å². The van der Waals surface area contributed by atoms with Gasteiger partial charge in [-0.05, 0) is 61.0 Å². The van der Waals surface area contributed by atoms with Crippen molar-refractivity contribution in [3.63, 3.8) is 0 Å². The number of carbonyl (C=O) groups excluding carboxylic acids is 2. The predicted molar refractivity (Wildman–Crippen MR) is 126 cm³/mol. The van der Waals surface area contributed by atoms with E-state index in [0.717, 1.165) is 6.07 Å². The van der Waals surface area contributed by atoms with E-state index in [1.54, 1.807) is 45.0 Å². The van der Waals surface area contributed by atoms with E-state index in [1.807, 2.05) is 0 Å². The van der Waals surface area contributed by atoms with Crippen LogP contribution in [-0.4, -0.2) is 20.2 Å². The van der Waals surface area contributed by atoms with Crippen LogP contribution in [0, 0.1) is 18.7 Å². The summed E-state index contributed by atoms with van der Waals surface area (Å²) in [5.74, 6) is -1.50. The summed E-state index contributed by atoms with van der Waals surface area (Å²) < 4.78 is 41.5. The van der Waals surface area contributed by atoms with Crippen LogP contribution in [0.15, 0.2) is 71.6 Å². The molecule has 0 aliphatic rings. The van der Waals surface area contributed by atoms with Crippen LogP contribution in [0.25, 0.3) is 0 Å². The smallest absolute Gasteiger partial charge is 0.262 e. The van der Waals surface area contributed by atoms with Gasteiger partial charge in [0.05, 0.1) is 10.6 Å². The summed E-state index contributed by atoms with van der Waals surface area (Å²) in [4.78, 5) is 24.4. The van der Waals surface area contributed by atoms with E-state index in [1.165, 1.54) is 36.4 Å². The summed E-state index contributed by atoms with van der Waals surface area (Å²) in [6.07, 6.45) is 0. The fourth-order valence-electron chi connectivity index (χ4n) is 2.88. The second-order valence-electron chi connectivity index (χ2n) is 7.74. The Kier molecular flexibility index (Phi) is 7.13. The molecule has 0 atom stereocenters. The third kappa shape index (κ3) is 5.95. The summed E-state index contributed by atoms with van der Waals surface area (Å²) in [6, 6.07) is 16.1. The van der Waals surface area contributed by atoms with E-state index >= 15 is 0 Å². The molecule has 172 valence electrons. The van der Waals surface area contributed by atoms with Crippen molar-refractivity contribution in [3.05, 3.63) is 83.7 Å². The Balaban J connectivity index is 1.78. The fourth-order valence-corrected chi connectivity index (χ4v) is 3.98. The van der Waals surface area contributed by atoms with E-state index in [4.69, 9.17) is 0 Å². The molecule has 3 aromatic carbocycles. The van der Waals surface area contributed by atoms with Crippen molar-refractivity contribution in [2.75, 3.05) is 15.4 Å². The third-order valence-corrected chi connectivity index (χ3v) is 6.18. The van der Waals surface area contributed by atoms with E-state index in [9.17, 15) is 22.4 Å². The van der Waals surface area contributed by atoms with Gasteiger partial charge in [-0.3, -0.25) is 14.3 Å². The van der Waals surface area contributed by atoms with Gasteiger partial charge in [0.15, 0.2) is 0 Å². The molecule has 3 N–H and O–H groups in total. The lowest BCUT2D eigenvalue weighted by atomic mass is 10.1. The molecule has 0 aromatic heterocycles. The normalized spacial score (nSPS) is 11.2. The van der Waals surface area contributed by atoms with Crippen LogP contribution in [0.1, 0.15) is 29.8 Å². The fraction of sp³-hybridized carbons (Fsp3) is 0.167. The zero-order valence-electron chi connectivity index (χ0n) is 18.3. The van der Waals surface area contributed by atoms with Gasteiger partial charge in [-0.2, -0.15) is 0 Å². The highest BCUT2D eigenvalue weighted by atomic mass is 32.2. The minimum atomic E-state index is -4.12. The molecule has 0 saturated heterocycles. The zero-order chi connectivity index (χ0) is 24.2. The first-order valence-corrected chi connectivity index (χ1v) is 11.7. The average molecular weight is 470 g/mol. The highest BCUT2D eigenvalue weighted by Gasteiger charge is 2.20. The summed E-state index contributed by atoms with van der Waals surface area (Å²) in [5.41, 5.74) is 1.60. The molecular weight excluding hydrogens is 445 g/mol. The van der Waals surface area contributed by atoms with Crippen LogP contribution in [0.2, 0.25) is 0 Å². The highest BCUT2D eigenvalue weighted by Crippen LogP contribution is 2.22. The molecule has 0 bridgehead atoms. The lowest BCUT2D eigenvalue weighted by Gasteiger charge is -2.13. The van der Waals surface area contributed by atoms with Gasteiger partial charge in [0.2, 0.25) is 5.91 Å². The molecular formula is C24H24FN3O4S. The number of anilines is 3. The zero-order valence-corrected chi connectivity index (χ0v) is 19.2. The molecule has 2 amide bonds. The van der Waals surface area contributed by atoms with Crippen molar-refractivity contribution in [3.8, 4) is 0 Å². The number of aryl methyl sites for hydroxylation is 1. The molecule has 0 spiro atoms. The van der Waals surface area contributed by atoms with Crippen molar-refractivity contribution in [2.45, 2.75) is 25.7 Å². The van der Waals surface area contributed by atoms with Gasteiger partial charge in [0, 0.05) is 22.9 Å². The number of rotatable bonds is 7. The Morgan fingerprint density at radius 3 is 2.09 bits per heavy atom. The van der Waals surface area contributed by atoms with Crippen LogP contribution in [0.3, 0.4) is 0 Å². The van der Waals surface area contributed by atoms with Crippen LogP contribution in [-0.2, 0) is 14.8 Å². The second kappa shape index (κ2) is 9.83. The van der Waals surface area contributed by atoms with Crippen molar-refractivity contribution in [1.82, 2.24) is 0 Å².